The van der Waals surface area contributed by atoms with Gasteiger partial charge in [0, 0.05) is 57.6 Å². The van der Waals surface area contributed by atoms with E-state index in [0.29, 0.717) is 12.5 Å². The Balaban J connectivity index is 1.32. The number of rotatable bonds is 3. The lowest BCUT2D eigenvalue weighted by atomic mass is 9.89. The fourth-order valence-electron chi connectivity index (χ4n) is 5.66. The number of hydrogen-bond donors (Lipinski definition) is 0. The lowest BCUT2D eigenvalue weighted by molar-refractivity contribution is -0.150. The summed E-state index contributed by atoms with van der Waals surface area (Å²) in [6, 6.07) is -0.287. The second-order valence-electron chi connectivity index (χ2n) is 10.3. The molecule has 0 aromatic heterocycles. The Morgan fingerprint density at radius 2 is 1.47 bits per heavy atom. The van der Waals surface area contributed by atoms with E-state index in [4.69, 9.17) is 0 Å². The minimum Gasteiger partial charge on any atom is -0.341 e. The minimum atomic E-state index is -0.287. The molecule has 3 saturated heterocycles. The van der Waals surface area contributed by atoms with Crippen LogP contribution >= 0.6 is 0 Å². The summed E-state index contributed by atoms with van der Waals surface area (Å²) in [4.78, 5) is 47.0. The Hall–Kier alpha value is -1.63. The van der Waals surface area contributed by atoms with Gasteiger partial charge in [-0.05, 0) is 51.0 Å². The van der Waals surface area contributed by atoms with E-state index in [1.165, 1.54) is 0 Å². The maximum atomic E-state index is 13.3. The van der Waals surface area contributed by atoms with Gasteiger partial charge in [-0.15, -0.1) is 0 Å². The third kappa shape index (κ3) is 4.10. The Kier molecular flexibility index (Phi) is 6.11. The number of nitrogens with zero attached hydrogens (tertiary/aromatic N) is 4. The van der Waals surface area contributed by atoms with Crippen molar-refractivity contribution in [3.63, 3.8) is 0 Å². The lowest BCUT2D eigenvalue weighted by Crippen LogP contribution is -2.55. The van der Waals surface area contributed by atoms with Crippen LogP contribution in [0.1, 0.15) is 52.4 Å². The molecule has 7 heteroatoms. The number of likely N-dealkylation sites (N-methyl/N-ethyl adjacent to an activating group) is 1. The van der Waals surface area contributed by atoms with Crippen LogP contribution < -0.4 is 0 Å². The molecule has 0 bridgehead atoms. The van der Waals surface area contributed by atoms with Gasteiger partial charge in [-0.25, -0.2) is 0 Å². The second-order valence-corrected chi connectivity index (χ2v) is 10.3. The molecule has 4 aliphatic rings. The summed E-state index contributed by atoms with van der Waals surface area (Å²) >= 11 is 0. The molecular weight excluding hydrogens is 380 g/mol. The molecule has 2 atom stereocenters. The number of amides is 3. The first-order chi connectivity index (χ1) is 14.3. The lowest BCUT2D eigenvalue weighted by Gasteiger charge is -2.41. The van der Waals surface area contributed by atoms with Crippen LogP contribution in [0, 0.1) is 17.3 Å². The van der Waals surface area contributed by atoms with Crippen LogP contribution in [0.3, 0.4) is 0 Å². The first-order valence-electron chi connectivity index (χ1n) is 11.9. The van der Waals surface area contributed by atoms with Crippen LogP contribution in [0.25, 0.3) is 0 Å². The van der Waals surface area contributed by atoms with E-state index in [2.05, 4.69) is 11.9 Å². The summed E-state index contributed by atoms with van der Waals surface area (Å²) < 4.78 is 0. The average Bonchev–Trinajstić information content (AvgIpc) is 3.46. The Morgan fingerprint density at radius 1 is 0.833 bits per heavy atom. The van der Waals surface area contributed by atoms with Crippen LogP contribution in [0.2, 0.25) is 0 Å². The van der Waals surface area contributed by atoms with E-state index in [1.807, 2.05) is 28.5 Å². The van der Waals surface area contributed by atoms with Crippen molar-refractivity contribution in [2.24, 2.45) is 17.3 Å². The maximum absolute atomic E-state index is 13.3. The van der Waals surface area contributed by atoms with E-state index in [0.717, 1.165) is 77.8 Å². The minimum absolute atomic E-state index is 0.0733. The predicted molar refractivity (Wildman–Crippen MR) is 115 cm³/mol. The fraction of sp³-hybridized carbons (Fsp3) is 0.870. The zero-order chi connectivity index (χ0) is 21.5. The van der Waals surface area contributed by atoms with Gasteiger partial charge in [0.1, 0.15) is 6.04 Å². The van der Waals surface area contributed by atoms with E-state index in [-0.39, 0.29) is 35.1 Å². The van der Waals surface area contributed by atoms with Crippen LogP contribution in [0.15, 0.2) is 0 Å². The van der Waals surface area contributed by atoms with Crippen molar-refractivity contribution in [1.29, 1.82) is 0 Å². The van der Waals surface area contributed by atoms with Crippen LogP contribution in [0.5, 0.6) is 0 Å². The molecule has 4 fully saturated rings. The molecule has 1 spiro atoms. The zero-order valence-corrected chi connectivity index (χ0v) is 18.9. The molecule has 0 aromatic carbocycles. The van der Waals surface area contributed by atoms with Crippen molar-refractivity contribution in [2.75, 3.05) is 52.9 Å². The summed E-state index contributed by atoms with van der Waals surface area (Å²) in [5.74, 6) is 0.647. The van der Waals surface area contributed by atoms with Gasteiger partial charge in [-0.2, -0.15) is 0 Å². The summed E-state index contributed by atoms with van der Waals surface area (Å²) in [7, 11) is 2.11. The molecule has 0 unspecified atom stereocenters. The second kappa shape index (κ2) is 8.48. The summed E-state index contributed by atoms with van der Waals surface area (Å²) in [6.45, 7) is 9.58. The predicted octanol–water partition coefficient (Wildman–Crippen LogP) is 1.43. The number of piperazine rings is 1. The quantitative estimate of drug-likeness (QED) is 0.696. The van der Waals surface area contributed by atoms with Gasteiger partial charge < -0.3 is 19.6 Å². The highest BCUT2D eigenvalue weighted by molar-refractivity contribution is 5.89. The largest absolute Gasteiger partial charge is 0.341 e. The monoisotopic (exact) mass is 418 g/mol. The smallest absolute Gasteiger partial charge is 0.245 e. The highest BCUT2D eigenvalue weighted by Gasteiger charge is 2.59. The molecule has 1 saturated carbocycles. The number of piperidine rings is 2. The highest BCUT2D eigenvalue weighted by Crippen LogP contribution is 2.60. The van der Waals surface area contributed by atoms with Crippen molar-refractivity contribution in [2.45, 2.75) is 58.4 Å². The van der Waals surface area contributed by atoms with Gasteiger partial charge in [-0.3, -0.25) is 14.4 Å². The SMILES string of the molecule is CC(C)C(=O)N1CCCC[C@H]1C(=O)N1CCC2(CC1)C[C@@H]2C(=O)N1CCN(C)CC1. The van der Waals surface area contributed by atoms with Gasteiger partial charge in [0.25, 0.3) is 0 Å². The molecule has 0 N–H and O–H groups in total. The van der Waals surface area contributed by atoms with Crippen molar-refractivity contribution in [3.8, 4) is 0 Å². The molecule has 3 aliphatic heterocycles. The summed E-state index contributed by atoms with van der Waals surface area (Å²) in [5.41, 5.74) is 0.122. The molecule has 30 heavy (non-hydrogen) atoms. The van der Waals surface area contributed by atoms with E-state index in [9.17, 15) is 14.4 Å². The van der Waals surface area contributed by atoms with E-state index < -0.39 is 0 Å². The van der Waals surface area contributed by atoms with Crippen molar-refractivity contribution >= 4 is 17.7 Å². The first-order valence-corrected chi connectivity index (χ1v) is 11.9. The Morgan fingerprint density at radius 3 is 2.10 bits per heavy atom. The summed E-state index contributed by atoms with van der Waals surface area (Å²) in [6.07, 6.45) is 5.62. The normalized spacial score (nSPS) is 29.4. The molecular formula is C23H38N4O3. The molecule has 7 nitrogen and oxygen atoms in total. The molecule has 0 aromatic rings. The fourth-order valence-corrected chi connectivity index (χ4v) is 5.66. The van der Waals surface area contributed by atoms with Gasteiger partial charge in [0.2, 0.25) is 17.7 Å². The average molecular weight is 419 g/mol. The topological polar surface area (TPSA) is 64.2 Å². The number of carbonyl (C=O) groups is 3. The van der Waals surface area contributed by atoms with Gasteiger partial charge in [-0.1, -0.05) is 13.8 Å². The number of hydrogen-bond acceptors (Lipinski definition) is 4. The van der Waals surface area contributed by atoms with Crippen LogP contribution in [-0.2, 0) is 14.4 Å². The molecule has 4 rings (SSSR count). The number of likely N-dealkylation sites (tertiary alicyclic amines) is 2. The number of carbonyl (C=O) groups excluding carboxylic acids is 3. The molecule has 168 valence electrons. The third-order valence-corrected chi connectivity index (χ3v) is 7.94. The molecule has 3 amide bonds. The standard InChI is InChI=1S/C23H38N4O3/c1-17(2)20(28)27-9-5-4-6-19(27)22(30)25-10-7-23(8-11-25)16-18(23)21(29)26-14-12-24(3)13-15-26/h17-19H,4-16H2,1-3H3/t18-,19+/m1/s1. The Bertz CT molecular complexity index is 678. The summed E-state index contributed by atoms with van der Waals surface area (Å²) in [5, 5.41) is 0. The van der Waals surface area contributed by atoms with Crippen LogP contribution in [-0.4, -0.2) is 96.2 Å². The van der Waals surface area contributed by atoms with Gasteiger partial charge in [0.05, 0.1) is 0 Å². The van der Waals surface area contributed by atoms with E-state index >= 15 is 0 Å². The van der Waals surface area contributed by atoms with Crippen molar-refractivity contribution < 1.29 is 14.4 Å². The highest BCUT2D eigenvalue weighted by atomic mass is 16.2. The van der Waals surface area contributed by atoms with Gasteiger partial charge in [0.15, 0.2) is 0 Å². The Labute approximate surface area is 180 Å². The molecule has 0 radical (unpaired) electrons. The third-order valence-electron chi connectivity index (χ3n) is 7.94. The zero-order valence-electron chi connectivity index (χ0n) is 18.9. The van der Waals surface area contributed by atoms with E-state index in [1.54, 1.807) is 0 Å². The van der Waals surface area contributed by atoms with Crippen molar-refractivity contribution in [3.05, 3.63) is 0 Å². The first kappa shape index (κ1) is 21.6. The molecule has 3 heterocycles. The molecule has 1 aliphatic carbocycles. The maximum Gasteiger partial charge on any atom is 0.245 e. The van der Waals surface area contributed by atoms with Crippen LogP contribution in [0.4, 0.5) is 0 Å². The van der Waals surface area contributed by atoms with Crippen molar-refractivity contribution in [1.82, 2.24) is 19.6 Å². The van der Waals surface area contributed by atoms with Gasteiger partial charge >= 0.3 is 0 Å².